The van der Waals surface area contributed by atoms with Gasteiger partial charge in [0.15, 0.2) is 17.2 Å². The maximum Gasteiger partial charge on any atom is 0.289 e. The molecule has 5 nitrogen and oxygen atoms in total. The molecule has 0 bridgehead atoms. The zero-order chi connectivity index (χ0) is 20.3. The third-order valence-corrected chi connectivity index (χ3v) is 6.51. The highest BCUT2D eigenvalue weighted by Gasteiger charge is 2.30. The summed E-state index contributed by atoms with van der Waals surface area (Å²) >= 11 is 1.70. The Kier molecular flexibility index (Phi) is 5.32. The Hall–Kier alpha value is -2.99. The molecular formula is C24H22N2O3S. The van der Waals surface area contributed by atoms with E-state index in [1.807, 2.05) is 53.4 Å². The minimum absolute atomic E-state index is 0.0514. The van der Waals surface area contributed by atoms with Crippen molar-refractivity contribution in [3.63, 3.8) is 0 Å². The Labute approximate surface area is 179 Å². The summed E-state index contributed by atoms with van der Waals surface area (Å²) in [6.07, 6.45) is 3.49. The smallest absolute Gasteiger partial charge is 0.289 e. The van der Waals surface area contributed by atoms with Crippen LogP contribution in [-0.4, -0.2) is 28.9 Å². The van der Waals surface area contributed by atoms with E-state index in [4.69, 9.17) is 8.83 Å². The molecule has 0 spiro atoms. The quantitative estimate of drug-likeness (QED) is 0.387. The Morgan fingerprint density at radius 1 is 1.10 bits per heavy atom. The van der Waals surface area contributed by atoms with Gasteiger partial charge in [-0.25, -0.2) is 4.98 Å². The third-order valence-electron chi connectivity index (χ3n) is 5.45. The second kappa shape index (κ2) is 8.40. The predicted molar refractivity (Wildman–Crippen MR) is 117 cm³/mol. The van der Waals surface area contributed by atoms with Gasteiger partial charge in [0, 0.05) is 29.3 Å². The first kappa shape index (κ1) is 19.0. The lowest BCUT2D eigenvalue weighted by molar-refractivity contribution is 0.0665. The van der Waals surface area contributed by atoms with Gasteiger partial charge in [0.2, 0.25) is 0 Å². The number of carbonyl (C=O) groups is 1. The van der Waals surface area contributed by atoms with E-state index >= 15 is 0 Å². The Morgan fingerprint density at radius 2 is 1.93 bits per heavy atom. The van der Waals surface area contributed by atoms with Crippen molar-refractivity contribution in [2.45, 2.75) is 29.4 Å². The number of fused-ring (bicyclic) bond motifs is 1. The first-order valence-electron chi connectivity index (χ1n) is 10.2. The zero-order valence-corrected chi connectivity index (χ0v) is 17.3. The van der Waals surface area contributed by atoms with E-state index in [-0.39, 0.29) is 11.8 Å². The molecule has 1 fully saturated rings. The van der Waals surface area contributed by atoms with Crippen LogP contribution in [0, 0.1) is 0 Å². The standard InChI is InChI=1S/C24H22N2O3S/c27-24(22-18(12-14-28-22)16-30-19-8-2-1-3-9-19)26-13-6-7-17(15-26)23-25-20-10-4-5-11-21(20)29-23/h1-5,8-12,14,17H,6-7,13,15-16H2. The molecule has 2 aromatic heterocycles. The van der Waals surface area contributed by atoms with Crippen molar-refractivity contribution in [3.8, 4) is 0 Å². The average molecular weight is 419 g/mol. The maximum absolute atomic E-state index is 13.2. The van der Waals surface area contributed by atoms with Crippen LogP contribution in [0.15, 0.2) is 80.7 Å². The summed E-state index contributed by atoms with van der Waals surface area (Å²) < 4.78 is 11.6. The molecule has 3 heterocycles. The van der Waals surface area contributed by atoms with Gasteiger partial charge in [-0.05, 0) is 43.2 Å². The van der Waals surface area contributed by atoms with Crippen molar-refractivity contribution in [1.29, 1.82) is 0 Å². The molecule has 1 saturated heterocycles. The molecule has 1 aliphatic heterocycles. The Bertz CT molecular complexity index is 1120. The lowest BCUT2D eigenvalue weighted by Crippen LogP contribution is -2.39. The molecule has 30 heavy (non-hydrogen) atoms. The fourth-order valence-electron chi connectivity index (χ4n) is 3.89. The number of oxazole rings is 1. The van der Waals surface area contributed by atoms with Gasteiger partial charge in [0.1, 0.15) is 5.52 Å². The zero-order valence-electron chi connectivity index (χ0n) is 16.5. The molecule has 1 atom stereocenters. The van der Waals surface area contributed by atoms with E-state index in [0.717, 1.165) is 36.0 Å². The number of hydrogen-bond donors (Lipinski definition) is 0. The predicted octanol–water partition coefficient (Wildman–Crippen LogP) is 5.73. The first-order valence-corrected chi connectivity index (χ1v) is 11.2. The van der Waals surface area contributed by atoms with Gasteiger partial charge in [-0.2, -0.15) is 0 Å². The van der Waals surface area contributed by atoms with Gasteiger partial charge in [0.25, 0.3) is 5.91 Å². The molecule has 0 N–H and O–H groups in total. The van der Waals surface area contributed by atoms with E-state index < -0.39 is 0 Å². The van der Waals surface area contributed by atoms with E-state index in [9.17, 15) is 4.79 Å². The van der Waals surface area contributed by atoms with Gasteiger partial charge in [-0.15, -0.1) is 11.8 Å². The van der Waals surface area contributed by atoms with Crippen molar-refractivity contribution >= 4 is 28.8 Å². The van der Waals surface area contributed by atoms with Crippen LogP contribution in [0.5, 0.6) is 0 Å². The van der Waals surface area contributed by atoms with E-state index in [0.29, 0.717) is 23.9 Å². The monoisotopic (exact) mass is 418 g/mol. The van der Waals surface area contributed by atoms with Crippen molar-refractivity contribution in [3.05, 3.63) is 84.1 Å². The average Bonchev–Trinajstić information content (AvgIpc) is 3.45. The van der Waals surface area contributed by atoms with Gasteiger partial charge >= 0.3 is 0 Å². The van der Waals surface area contributed by atoms with Gasteiger partial charge < -0.3 is 13.7 Å². The molecule has 1 aliphatic rings. The summed E-state index contributed by atoms with van der Waals surface area (Å²) in [5.41, 5.74) is 2.59. The molecule has 0 aliphatic carbocycles. The highest BCUT2D eigenvalue weighted by molar-refractivity contribution is 7.98. The maximum atomic E-state index is 13.2. The number of para-hydroxylation sites is 2. The molecule has 0 saturated carbocycles. The number of nitrogens with zero attached hydrogens (tertiary/aromatic N) is 2. The van der Waals surface area contributed by atoms with E-state index in [2.05, 4.69) is 17.1 Å². The van der Waals surface area contributed by atoms with Crippen LogP contribution in [0.25, 0.3) is 11.1 Å². The van der Waals surface area contributed by atoms with Crippen LogP contribution in [0.2, 0.25) is 0 Å². The number of piperidine rings is 1. The number of likely N-dealkylation sites (tertiary alicyclic amines) is 1. The molecule has 1 amide bonds. The third kappa shape index (κ3) is 3.87. The van der Waals surface area contributed by atoms with Crippen molar-refractivity contribution < 1.29 is 13.6 Å². The van der Waals surface area contributed by atoms with Crippen molar-refractivity contribution in [2.75, 3.05) is 13.1 Å². The van der Waals surface area contributed by atoms with Gasteiger partial charge in [0.05, 0.1) is 12.2 Å². The van der Waals surface area contributed by atoms with Gasteiger partial charge in [-0.3, -0.25) is 4.79 Å². The molecule has 4 aromatic rings. The van der Waals surface area contributed by atoms with Gasteiger partial charge in [-0.1, -0.05) is 30.3 Å². The highest BCUT2D eigenvalue weighted by Crippen LogP contribution is 2.31. The molecule has 0 radical (unpaired) electrons. The minimum atomic E-state index is -0.0514. The first-order chi connectivity index (χ1) is 14.8. The largest absolute Gasteiger partial charge is 0.459 e. The number of rotatable bonds is 5. The van der Waals surface area contributed by atoms with Crippen LogP contribution in [0.1, 0.15) is 40.8 Å². The molecule has 6 heteroatoms. The van der Waals surface area contributed by atoms with Crippen molar-refractivity contribution in [1.82, 2.24) is 9.88 Å². The number of carbonyl (C=O) groups excluding carboxylic acids is 1. The fourth-order valence-corrected chi connectivity index (χ4v) is 4.79. The molecule has 1 unspecified atom stereocenters. The van der Waals surface area contributed by atoms with Crippen LogP contribution >= 0.6 is 11.8 Å². The van der Waals surface area contributed by atoms with Crippen LogP contribution in [0.3, 0.4) is 0 Å². The lowest BCUT2D eigenvalue weighted by Gasteiger charge is -2.30. The number of aromatic nitrogens is 1. The number of hydrogen-bond acceptors (Lipinski definition) is 5. The number of amides is 1. The van der Waals surface area contributed by atoms with Crippen LogP contribution < -0.4 is 0 Å². The summed E-state index contributed by atoms with van der Waals surface area (Å²) in [5.74, 6) is 1.91. The molecule has 5 rings (SSSR count). The fraction of sp³-hybridized carbons (Fsp3) is 0.250. The Morgan fingerprint density at radius 3 is 2.80 bits per heavy atom. The SMILES string of the molecule is O=C(c1occc1CSc1ccccc1)N1CCCC(c2nc3ccccc3o2)C1. The summed E-state index contributed by atoms with van der Waals surface area (Å²) in [4.78, 5) is 20.9. The summed E-state index contributed by atoms with van der Waals surface area (Å²) in [6.45, 7) is 1.32. The highest BCUT2D eigenvalue weighted by atomic mass is 32.2. The number of benzene rings is 2. The topological polar surface area (TPSA) is 59.5 Å². The lowest BCUT2D eigenvalue weighted by atomic mass is 9.97. The molecule has 152 valence electrons. The number of furan rings is 1. The Balaban J connectivity index is 1.30. The second-order valence-corrected chi connectivity index (χ2v) is 8.54. The normalized spacial score (nSPS) is 16.8. The van der Waals surface area contributed by atoms with Crippen LogP contribution in [0.4, 0.5) is 0 Å². The number of thioether (sulfide) groups is 1. The minimum Gasteiger partial charge on any atom is -0.459 e. The summed E-state index contributed by atoms with van der Waals surface area (Å²) in [6, 6.07) is 19.9. The second-order valence-electron chi connectivity index (χ2n) is 7.49. The van der Waals surface area contributed by atoms with E-state index in [1.165, 1.54) is 4.90 Å². The van der Waals surface area contributed by atoms with Crippen molar-refractivity contribution in [2.24, 2.45) is 0 Å². The molecular weight excluding hydrogens is 396 g/mol. The van der Waals surface area contributed by atoms with E-state index in [1.54, 1.807) is 18.0 Å². The van der Waals surface area contributed by atoms with Crippen LogP contribution in [-0.2, 0) is 5.75 Å². The summed E-state index contributed by atoms with van der Waals surface area (Å²) in [5, 5.41) is 0. The summed E-state index contributed by atoms with van der Waals surface area (Å²) in [7, 11) is 0. The molecule has 2 aromatic carbocycles.